The number of nitrogens with two attached hydrogens (primary N) is 1. The number of carbonyl (C=O) groups excluding carboxylic acids is 1. The number of furan rings is 1. The van der Waals surface area contributed by atoms with Crippen molar-refractivity contribution in [3.63, 3.8) is 0 Å². The average Bonchev–Trinajstić information content (AvgIpc) is 2.89. The molecule has 18 heavy (non-hydrogen) atoms. The Labute approximate surface area is 110 Å². The Morgan fingerprint density at radius 3 is 2.44 bits per heavy atom. The van der Waals surface area contributed by atoms with E-state index < -0.39 is 0 Å². The molecule has 0 spiro atoms. The van der Waals surface area contributed by atoms with Gasteiger partial charge in [0.25, 0.3) is 5.91 Å². The van der Waals surface area contributed by atoms with Crippen molar-refractivity contribution in [2.24, 2.45) is 5.73 Å². The van der Waals surface area contributed by atoms with E-state index in [2.05, 4.69) is 5.32 Å². The van der Waals surface area contributed by atoms with E-state index in [4.69, 9.17) is 22.4 Å². The van der Waals surface area contributed by atoms with Crippen LogP contribution >= 0.6 is 12.2 Å². The summed E-state index contributed by atoms with van der Waals surface area (Å²) in [4.78, 5) is 12.1. The van der Waals surface area contributed by atoms with Crippen LogP contribution in [-0.4, -0.2) is 10.9 Å². The topological polar surface area (TPSA) is 68.3 Å². The Balaban J connectivity index is 1.98. The molecule has 1 aromatic heterocycles. The van der Waals surface area contributed by atoms with E-state index in [9.17, 15) is 4.79 Å². The standard InChI is InChI=1S/C13H12N2O2S/c14-12(18)9-3-5-10(6-4-9)13(16)15-8-11-2-1-7-17-11/h1-7H,8H2,(H2,14,18)(H,15,16). The summed E-state index contributed by atoms with van der Waals surface area (Å²) in [5.74, 6) is 0.545. The molecule has 5 heteroatoms. The molecule has 2 aromatic rings. The van der Waals surface area contributed by atoms with E-state index in [0.717, 1.165) is 5.56 Å². The van der Waals surface area contributed by atoms with Crippen LogP contribution in [0.4, 0.5) is 0 Å². The van der Waals surface area contributed by atoms with E-state index in [1.165, 1.54) is 0 Å². The molecule has 1 aromatic carbocycles. The van der Waals surface area contributed by atoms with E-state index in [0.29, 0.717) is 22.9 Å². The summed E-state index contributed by atoms with van der Waals surface area (Å²) in [7, 11) is 0. The molecular weight excluding hydrogens is 248 g/mol. The summed E-state index contributed by atoms with van der Waals surface area (Å²) in [6.07, 6.45) is 1.57. The second-order valence-corrected chi connectivity index (χ2v) is 4.14. The average molecular weight is 260 g/mol. The highest BCUT2D eigenvalue weighted by Crippen LogP contribution is 2.05. The van der Waals surface area contributed by atoms with Crippen LogP contribution in [0.15, 0.2) is 47.1 Å². The van der Waals surface area contributed by atoms with E-state index in [1.807, 2.05) is 0 Å². The second-order valence-electron chi connectivity index (χ2n) is 3.70. The van der Waals surface area contributed by atoms with Crippen molar-refractivity contribution in [2.45, 2.75) is 6.54 Å². The van der Waals surface area contributed by atoms with E-state index >= 15 is 0 Å². The SMILES string of the molecule is NC(=S)c1ccc(C(=O)NCc2ccco2)cc1. The smallest absolute Gasteiger partial charge is 0.251 e. The summed E-state index contributed by atoms with van der Waals surface area (Å²) in [6, 6.07) is 10.4. The molecule has 2 rings (SSSR count). The van der Waals surface area contributed by atoms with Crippen LogP contribution in [0.5, 0.6) is 0 Å². The van der Waals surface area contributed by atoms with Gasteiger partial charge in [-0.3, -0.25) is 4.79 Å². The number of hydrogen-bond acceptors (Lipinski definition) is 3. The molecule has 0 bridgehead atoms. The van der Waals surface area contributed by atoms with Crippen LogP contribution < -0.4 is 11.1 Å². The molecule has 1 amide bonds. The third kappa shape index (κ3) is 2.95. The lowest BCUT2D eigenvalue weighted by atomic mass is 10.1. The Bertz CT molecular complexity index is 547. The zero-order chi connectivity index (χ0) is 13.0. The van der Waals surface area contributed by atoms with Gasteiger partial charge in [-0.2, -0.15) is 0 Å². The second kappa shape index (κ2) is 5.46. The Hall–Kier alpha value is -2.14. The Morgan fingerprint density at radius 1 is 1.22 bits per heavy atom. The minimum Gasteiger partial charge on any atom is -0.467 e. The van der Waals surface area contributed by atoms with Crippen LogP contribution in [0.1, 0.15) is 21.7 Å². The van der Waals surface area contributed by atoms with Crippen molar-refractivity contribution in [1.82, 2.24) is 5.32 Å². The van der Waals surface area contributed by atoms with Crippen molar-refractivity contribution in [3.05, 3.63) is 59.5 Å². The molecule has 1 heterocycles. The molecular formula is C13H12N2O2S. The predicted molar refractivity (Wildman–Crippen MR) is 72.2 cm³/mol. The number of benzene rings is 1. The molecule has 0 saturated heterocycles. The maximum atomic E-state index is 11.8. The molecule has 0 radical (unpaired) electrons. The molecule has 0 saturated carbocycles. The first kappa shape index (κ1) is 12.3. The van der Waals surface area contributed by atoms with Crippen molar-refractivity contribution in [2.75, 3.05) is 0 Å². The van der Waals surface area contributed by atoms with E-state index in [1.54, 1.807) is 42.7 Å². The predicted octanol–water partition coefficient (Wildman–Crippen LogP) is 1.84. The molecule has 0 fully saturated rings. The van der Waals surface area contributed by atoms with Gasteiger partial charge in [-0.15, -0.1) is 0 Å². The Morgan fingerprint density at radius 2 is 1.89 bits per heavy atom. The zero-order valence-electron chi connectivity index (χ0n) is 9.55. The van der Waals surface area contributed by atoms with Crippen molar-refractivity contribution < 1.29 is 9.21 Å². The van der Waals surface area contributed by atoms with Gasteiger partial charge in [-0.25, -0.2) is 0 Å². The van der Waals surface area contributed by atoms with Gasteiger partial charge >= 0.3 is 0 Å². The highest BCUT2D eigenvalue weighted by atomic mass is 32.1. The quantitative estimate of drug-likeness (QED) is 0.823. The first-order chi connectivity index (χ1) is 8.66. The minimum absolute atomic E-state index is 0.166. The normalized spacial score (nSPS) is 10.0. The molecule has 0 aliphatic heterocycles. The maximum Gasteiger partial charge on any atom is 0.251 e. The summed E-state index contributed by atoms with van der Waals surface area (Å²) in [6.45, 7) is 0.364. The number of rotatable bonds is 4. The zero-order valence-corrected chi connectivity index (χ0v) is 10.4. The van der Waals surface area contributed by atoms with Crippen molar-refractivity contribution in [3.8, 4) is 0 Å². The monoisotopic (exact) mass is 260 g/mol. The highest BCUT2D eigenvalue weighted by molar-refractivity contribution is 7.80. The van der Waals surface area contributed by atoms with Gasteiger partial charge in [-0.1, -0.05) is 24.4 Å². The molecule has 0 unspecified atom stereocenters. The minimum atomic E-state index is -0.166. The number of carbonyl (C=O) groups is 1. The van der Waals surface area contributed by atoms with Crippen LogP contribution in [-0.2, 0) is 6.54 Å². The lowest BCUT2D eigenvalue weighted by molar-refractivity contribution is 0.0948. The molecule has 4 nitrogen and oxygen atoms in total. The van der Waals surface area contributed by atoms with Gasteiger partial charge in [0.15, 0.2) is 0 Å². The van der Waals surface area contributed by atoms with Gasteiger partial charge in [-0.05, 0) is 24.3 Å². The van der Waals surface area contributed by atoms with Gasteiger partial charge in [0.2, 0.25) is 0 Å². The fourth-order valence-corrected chi connectivity index (χ4v) is 1.60. The van der Waals surface area contributed by atoms with Gasteiger partial charge in [0.05, 0.1) is 12.8 Å². The lowest BCUT2D eigenvalue weighted by Gasteiger charge is -2.04. The number of thiocarbonyl (C=S) groups is 1. The Kier molecular flexibility index (Phi) is 3.74. The van der Waals surface area contributed by atoms with Gasteiger partial charge in [0, 0.05) is 11.1 Å². The summed E-state index contributed by atoms with van der Waals surface area (Å²) in [5.41, 5.74) is 6.78. The van der Waals surface area contributed by atoms with Crippen LogP contribution in [0.3, 0.4) is 0 Å². The summed E-state index contributed by atoms with van der Waals surface area (Å²) in [5, 5.41) is 2.75. The van der Waals surface area contributed by atoms with Crippen LogP contribution in [0.2, 0.25) is 0 Å². The van der Waals surface area contributed by atoms with Crippen molar-refractivity contribution in [1.29, 1.82) is 0 Å². The first-order valence-electron chi connectivity index (χ1n) is 5.37. The molecule has 0 atom stereocenters. The third-order valence-corrected chi connectivity index (χ3v) is 2.67. The molecule has 3 N–H and O–H groups in total. The van der Waals surface area contributed by atoms with Crippen LogP contribution in [0, 0.1) is 0 Å². The molecule has 92 valence electrons. The van der Waals surface area contributed by atoms with Gasteiger partial charge in [0.1, 0.15) is 10.7 Å². The molecule has 0 aliphatic rings. The van der Waals surface area contributed by atoms with Crippen LogP contribution in [0.25, 0.3) is 0 Å². The van der Waals surface area contributed by atoms with Gasteiger partial charge < -0.3 is 15.5 Å². The maximum absolute atomic E-state index is 11.8. The highest BCUT2D eigenvalue weighted by Gasteiger charge is 2.06. The first-order valence-corrected chi connectivity index (χ1v) is 5.78. The summed E-state index contributed by atoms with van der Waals surface area (Å²) >= 11 is 4.84. The molecule has 0 aliphatic carbocycles. The third-order valence-electron chi connectivity index (χ3n) is 2.43. The fourth-order valence-electron chi connectivity index (χ4n) is 1.47. The fraction of sp³-hybridized carbons (Fsp3) is 0.0769. The number of nitrogens with one attached hydrogen (secondary N) is 1. The lowest BCUT2D eigenvalue weighted by Crippen LogP contribution is -2.22. The summed E-state index contributed by atoms with van der Waals surface area (Å²) < 4.78 is 5.12. The number of amides is 1. The van der Waals surface area contributed by atoms with Crippen molar-refractivity contribution >= 4 is 23.1 Å². The largest absolute Gasteiger partial charge is 0.467 e. The van der Waals surface area contributed by atoms with E-state index in [-0.39, 0.29) is 5.91 Å². The number of hydrogen-bond donors (Lipinski definition) is 2.